The number of carbonyl (C=O) groups excluding carboxylic acids is 1. The van der Waals surface area contributed by atoms with E-state index in [9.17, 15) is 13.2 Å². The number of rotatable bonds is 4. The summed E-state index contributed by atoms with van der Waals surface area (Å²) in [5, 5.41) is 0. The molecule has 1 N–H and O–H groups in total. The molecule has 138 valence electrons. The summed E-state index contributed by atoms with van der Waals surface area (Å²) >= 11 is 0. The summed E-state index contributed by atoms with van der Waals surface area (Å²) in [6.45, 7) is 8.22. The van der Waals surface area contributed by atoms with Crippen LogP contribution >= 0.6 is 0 Å². The fraction of sp³-hybridized carbons (Fsp3) is 0.350. The molecule has 5 nitrogen and oxygen atoms in total. The van der Waals surface area contributed by atoms with Crippen molar-refractivity contribution in [1.82, 2.24) is 0 Å². The van der Waals surface area contributed by atoms with Crippen LogP contribution in [0.25, 0.3) is 0 Å². The van der Waals surface area contributed by atoms with Crippen LogP contribution in [0.15, 0.2) is 35.2 Å². The van der Waals surface area contributed by atoms with Crippen LogP contribution in [-0.4, -0.2) is 20.9 Å². The fourth-order valence-electron chi connectivity index (χ4n) is 3.42. The Labute approximate surface area is 155 Å². The standard InChI is InChI=1S/C20H24N2O3S/c1-13-12-14(2)16(4)20(15(13)3)26(24,25)21-17-7-9-18(10-8-17)22-11-5-6-19(22)23/h7-10,12,21H,5-6,11H2,1-4H3. The zero-order chi connectivity index (χ0) is 19.1. The Morgan fingerprint density at radius 3 is 2.04 bits per heavy atom. The van der Waals surface area contributed by atoms with E-state index in [2.05, 4.69) is 4.72 Å². The van der Waals surface area contributed by atoms with Gasteiger partial charge in [-0.15, -0.1) is 0 Å². The highest BCUT2D eigenvalue weighted by Crippen LogP contribution is 2.29. The van der Waals surface area contributed by atoms with Crippen molar-refractivity contribution in [2.45, 2.75) is 45.4 Å². The van der Waals surface area contributed by atoms with Crippen molar-refractivity contribution in [2.24, 2.45) is 0 Å². The second-order valence-corrected chi connectivity index (χ2v) is 8.51. The average molecular weight is 372 g/mol. The molecule has 0 atom stereocenters. The molecule has 2 aromatic carbocycles. The Balaban J connectivity index is 1.90. The second-order valence-electron chi connectivity index (χ2n) is 6.89. The molecular formula is C20H24N2O3S. The maximum Gasteiger partial charge on any atom is 0.262 e. The van der Waals surface area contributed by atoms with E-state index in [1.807, 2.05) is 33.8 Å². The minimum atomic E-state index is -3.69. The third-order valence-corrected chi connectivity index (χ3v) is 6.72. The predicted molar refractivity (Wildman–Crippen MR) is 104 cm³/mol. The van der Waals surface area contributed by atoms with Gasteiger partial charge < -0.3 is 4.90 Å². The molecule has 0 radical (unpaired) electrons. The number of hydrogen-bond donors (Lipinski definition) is 1. The van der Waals surface area contributed by atoms with Gasteiger partial charge in [0.1, 0.15) is 0 Å². The summed E-state index contributed by atoms with van der Waals surface area (Å²) < 4.78 is 28.6. The zero-order valence-corrected chi connectivity index (χ0v) is 16.4. The van der Waals surface area contributed by atoms with Crippen LogP contribution in [0.1, 0.15) is 35.1 Å². The van der Waals surface area contributed by atoms with Crippen LogP contribution in [-0.2, 0) is 14.8 Å². The Morgan fingerprint density at radius 2 is 1.54 bits per heavy atom. The summed E-state index contributed by atoms with van der Waals surface area (Å²) in [6.07, 6.45) is 1.43. The topological polar surface area (TPSA) is 66.5 Å². The summed E-state index contributed by atoms with van der Waals surface area (Å²) in [6, 6.07) is 8.97. The number of sulfonamides is 1. The molecule has 1 saturated heterocycles. The van der Waals surface area contributed by atoms with Crippen molar-refractivity contribution in [2.75, 3.05) is 16.2 Å². The smallest absolute Gasteiger partial charge is 0.262 e. The van der Waals surface area contributed by atoms with Gasteiger partial charge in [0.05, 0.1) is 4.90 Å². The van der Waals surface area contributed by atoms with Crippen molar-refractivity contribution in [3.05, 3.63) is 52.6 Å². The lowest BCUT2D eigenvalue weighted by atomic mass is 10.0. The molecule has 0 bridgehead atoms. The first kappa shape index (κ1) is 18.5. The summed E-state index contributed by atoms with van der Waals surface area (Å²) in [5.41, 5.74) is 4.72. The number of amides is 1. The van der Waals surface area contributed by atoms with Crippen molar-refractivity contribution < 1.29 is 13.2 Å². The van der Waals surface area contributed by atoms with Gasteiger partial charge in [-0.25, -0.2) is 8.42 Å². The van der Waals surface area contributed by atoms with Gasteiger partial charge in [0, 0.05) is 24.3 Å². The Hall–Kier alpha value is -2.34. The van der Waals surface area contributed by atoms with Gasteiger partial charge in [0.25, 0.3) is 10.0 Å². The maximum absolute atomic E-state index is 13.0. The monoisotopic (exact) mass is 372 g/mol. The number of anilines is 2. The molecule has 2 aromatic rings. The van der Waals surface area contributed by atoms with E-state index < -0.39 is 10.0 Å². The molecule has 1 heterocycles. The molecule has 1 aliphatic rings. The molecule has 6 heteroatoms. The minimum absolute atomic E-state index is 0.111. The number of benzene rings is 2. The highest BCUT2D eigenvalue weighted by Gasteiger charge is 2.23. The van der Waals surface area contributed by atoms with Crippen LogP contribution in [0.3, 0.4) is 0 Å². The SMILES string of the molecule is Cc1cc(C)c(C)c(S(=O)(=O)Nc2ccc(N3CCCC3=O)cc2)c1C. The Bertz CT molecular complexity index is 937. The highest BCUT2D eigenvalue weighted by molar-refractivity contribution is 7.92. The lowest BCUT2D eigenvalue weighted by molar-refractivity contribution is -0.117. The van der Waals surface area contributed by atoms with Crippen molar-refractivity contribution in [1.29, 1.82) is 0 Å². The summed E-state index contributed by atoms with van der Waals surface area (Å²) in [7, 11) is -3.69. The predicted octanol–water partition coefficient (Wildman–Crippen LogP) is 3.85. The van der Waals surface area contributed by atoms with Crippen LogP contribution in [0.5, 0.6) is 0 Å². The summed E-state index contributed by atoms with van der Waals surface area (Å²) in [5.74, 6) is 0.111. The molecule has 0 aliphatic carbocycles. The molecule has 0 spiro atoms. The van der Waals surface area contributed by atoms with E-state index in [4.69, 9.17) is 0 Å². The largest absolute Gasteiger partial charge is 0.312 e. The van der Waals surface area contributed by atoms with Gasteiger partial charge in [-0.1, -0.05) is 6.07 Å². The molecule has 0 aromatic heterocycles. The van der Waals surface area contributed by atoms with Crippen LogP contribution in [0, 0.1) is 27.7 Å². The van der Waals surface area contributed by atoms with Crippen LogP contribution < -0.4 is 9.62 Å². The minimum Gasteiger partial charge on any atom is -0.312 e. The van der Waals surface area contributed by atoms with Crippen molar-refractivity contribution in [3.8, 4) is 0 Å². The van der Waals surface area contributed by atoms with E-state index in [-0.39, 0.29) is 5.91 Å². The fourth-order valence-corrected chi connectivity index (χ4v) is 5.10. The molecule has 3 rings (SSSR count). The van der Waals surface area contributed by atoms with E-state index >= 15 is 0 Å². The molecular weight excluding hydrogens is 348 g/mol. The quantitative estimate of drug-likeness (QED) is 0.886. The number of hydrogen-bond acceptors (Lipinski definition) is 3. The molecule has 26 heavy (non-hydrogen) atoms. The van der Waals surface area contributed by atoms with Gasteiger partial charge in [0.2, 0.25) is 5.91 Å². The lowest BCUT2D eigenvalue weighted by Crippen LogP contribution is -2.23. The number of aryl methyl sites for hydroxylation is 2. The average Bonchev–Trinajstić information content (AvgIpc) is 2.99. The number of nitrogens with zero attached hydrogens (tertiary/aromatic N) is 1. The highest BCUT2D eigenvalue weighted by atomic mass is 32.2. The lowest BCUT2D eigenvalue weighted by Gasteiger charge is -2.18. The van der Waals surface area contributed by atoms with E-state index in [1.54, 1.807) is 29.2 Å². The first-order chi connectivity index (χ1) is 12.2. The first-order valence-electron chi connectivity index (χ1n) is 8.71. The Morgan fingerprint density at radius 1 is 0.962 bits per heavy atom. The third kappa shape index (κ3) is 3.33. The van der Waals surface area contributed by atoms with E-state index in [0.717, 1.165) is 34.4 Å². The molecule has 1 amide bonds. The molecule has 0 saturated carbocycles. The van der Waals surface area contributed by atoms with Gasteiger partial charge in [-0.3, -0.25) is 9.52 Å². The molecule has 1 aliphatic heterocycles. The van der Waals surface area contributed by atoms with Gasteiger partial charge in [-0.05, 0) is 80.6 Å². The molecule has 1 fully saturated rings. The van der Waals surface area contributed by atoms with Gasteiger partial charge in [-0.2, -0.15) is 0 Å². The summed E-state index contributed by atoms with van der Waals surface area (Å²) in [4.78, 5) is 13.9. The normalized spacial score (nSPS) is 14.8. The van der Waals surface area contributed by atoms with Gasteiger partial charge in [0.15, 0.2) is 0 Å². The van der Waals surface area contributed by atoms with E-state index in [1.165, 1.54) is 0 Å². The van der Waals surface area contributed by atoms with Crippen LogP contribution in [0.2, 0.25) is 0 Å². The maximum atomic E-state index is 13.0. The third-order valence-electron chi connectivity index (χ3n) is 5.07. The number of carbonyl (C=O) groups is 1. The van der Waals surface area contributed by atoms with Crippen molar-refractivity contribution >= 4 is 27.3 Å². The second kappa shape index (κ2) is 6.76. The van der Waals surface area contributed by atoms with Crippen molar-refractivity contribution in [3.63, 3.8) is 0 Å². The zero-order valence-electron chi connectivity index (χ0n) is 15.6. The Kier molecular flexibility index (Phi) is 4.80. The molecule has 0 unspecified atom stereocenters. The van der Waals surface area contributed by atoms with E-state index in [0.29, 0.717) is 23.5 Å². The first-order valence-corrected chi connectivity index (χ1v) is 10.2. The number of nitrogens with one attached hydrogen (secondary N) is 1. The van der Waals surface area contributed by atoms with Gasteiger partial charge >= 0.3 is 0 Å². The van der Waals surface area contributed by atoms with Crippen LogP contribution in [0.4, 0.5) is 11.4 Å².